The molecule has 3 aromatic heterocycles. The second-order valence-corrected chi connectivity index (χ2v) is 9.10. The average Bonchev–Trinajstić information content (AvgIpc) is 3.53. The highest BCUT2D eigenvalue weighted by molar-refractivity contribution is 7.98. The van der Waals surface area contributed by atoms with Gasteiger partial charge < -0.3 is 4.90 Å². The molecule has 0 bridgehead atoms. The van der Waals surface area contributed by atoms with Gasteiger partial charge in [-0.15, -0.1) is 21.5 Å². The van der Waals surface area contributed by atoms with Gasteiger partial charge in [-0.05, 0) is 44.0 Å². The minimum atomic E-state index is 0.743. The van der Waals surface area contributed by atoms with Gasteiger partial charge in [0.15, 0.2) is 5.16 Å². The number of aromatic nitrogens is 5. The third-order valence-electron chi connectivity index (χ3n) is 5.08. The van der Waals surface area contributed by atoms with Gasteiger partial charge >= 0.3 is 0 Å². The zero-order valence-corrected chi connectivity index (χ0v) is 18.4. The highest BCUT2D eigenvalue weighted by Gasteiger charge is 2.22. The van der Waals surface area contributed by atoms with Crippen molar-refractivity contribution in [3.8, 4) is 16.4 Å². The molecule has 1 aliphatic rings. The lowest BCUT2D eigenvalue weighted by Gasteiger charge is -2.18. The number of thioether (sulfide) groups is 1. The van der Waals surface area contributed by atoms with Crippen LogP contribution in [0.4, 0.5) is 5.95 Å². The molecule has 8 heteroatoms. The second-order valence-electron chi connectivity index (χ2n) is 7.30. The molecule has 0 saturated carbocycles. The molecular weight excluding hydrogens is 412 g/mol. The minimum absolute atomic E-state index is 0.743. The van der Waals surface area contributed by atoms with Crippen molar-refractivity contribution in [1.29, 1.82) is 0 Å². The van der Waals surface area contributed by atoms with Crippen molar-refractivity contribution >= 4 is 29.0 Å². The van der Waals surface area contributed by atoms with E-state index in [0.717, 1.165) is 52.0 Å². The van der Waals surface area contributed by atoms with Crippen molar-refractivity contribution in [2.24, 2.45) is 0 Å². The third kappa shape index (κ3) is 3.97. The van der Waals surface area contributed by atoms with E-state index in [-0.39, 0.29) is 0 Å². The molecule has 1 aromatic carbocycles. The highest BCUT2D eigenvalue weighted by Crippen LogP contribution is 2.31. The van der Waals surface area contributed by atoms with Crippen LogP contribution in [-0.4, -0.2) is 37.8 Å². The minimum Gasteiger partial charge on any atom is -0.341 e. The van der Waals surface area contributed by atoms with Crippen LogP contribution >= 0.6 is 23.1 Å². The van der Waals surface area contributed by atoms with Crippen LogP contribution in [0.25, 0.3) is 16.4 Å². The Balaban J connectivity index is 1.40. The Bertz CT molecular complexity index is 1110. The molecule has 1 aliphatic heterocycles. The fourth-order valence-corrected chi connectivity index (χ4v) is 5.26. The molecule has 0 radical (unpaired) electrons. The Morgan fingerprint density at radius 2 is 1.87 bits per heavy atom. The number of benzene rings is 1. The average molecular weight is 435 g/mol. The summed E-state index contributed by atoms with van der Waals surface area (Å²) in [5.41, 5.74) is 4.29. The van der Waals surface area contributed by atoms with Crippen molar-refractivity contribution in [3.63, 3.8) is 0 Å². The summed E-state index contributed by atoms with van der Waals surface area (Å²) in [7, 11) is 0. The molecular formula is C22H22N6S2. The first-order valence-electron chi connectivity index (χ1n) is 10.0. The Labute approximate surface area is 184 Å². The molecule has 0 atom stereocenters. The maximum atomic E-state index is 4.76. The normalized spacial score (nSPS) is 13.8. The first-order chi connectivity index (χ1) is 14.8. The van der Waals surface area contributed by atoms with E-state index in [2.05, 4.69) is 61.2 Å². The van der Waals surface area contributed by atoms with E-state index in [1.807, 2.05) is 18.2 Å². The van der Waals surface area contributed by atoms with E-state index < -0.39 is 0 Å². The summed E-state index contributed by atoms with van der Waals surface area (Å²) < 4.78 is 2.18. The largest absolute Gasteiger partial charge is 0.341 e. The van der Waals surface area contributed by atoms with Crippen LogP contribution in [0.15, 0.2) is 59.2 Å². The molecule has 0 spiro atoms. The SMILES string of the molecule is Cc1ccc(-n2c(SCc3csc(-c4ccccn4)n3)nnc2N2CCCC2)cc1. The number of hydrogen-bond acceptors (Lipinski definition) is 7. The zero-order chi connectivity index (χ0) is 20.3. The highest BCUT2D eigenvalue weighted by atomic mass is 32.2. The summed E-state index contributed by atoms with van der Waals surface area (Å²) in [6, 6.07) is 14.5. The lowest BCUT2D eigenvalue weighted by Crippen LogP contribution is -2.22. The Kier molecular flexibility index (Phi) is 5.50. The van der Waals surface area contributed by atoms with Crippen molar-refractivity contribution in [3.05, 3.63) is 65.3 Å². The second kappa shape index (κ2) is 8.57. The fraction of sp³-hybridized carbons (Fsp3) is 0.273. The molecule has 152 valence electrons. The summed E-state index contributed by atoms with van der Waals surface area (Å²) in [5, 5.41) is 13.0. The summed E-state index contributed by atoms with van der Waals surface area (Å²) in [6.07, 6.45) is 4.21. The number of nitrogens with zero attached hydrogens (tertiary/aromatic N) is 6. The van der Waals surface area contributed by atoms with E-state index in [0.29, 0.717) is 0 Å². The monoisotopic (exact) mass is 434 g/mol. The van der Waals surface area contributed by atoms with E-state index in [1.165, 1.54) is 18.4 Å². The number of pyridine rings is 1. The molecule has 4 heterocycles. The number of rotatable bonds is 6. The number of aryl methyl sites for hydroxylation is 1. The van der Waals surface area contributed by atoms with Gasteiger partial charge in [-0.25, -0.2) is 4.98 Å². The molecule has 0 unspecified atom stereocenters. The predicted octanol–water partition coefficient (Wildman–Crippen LogP) is 4.99. The Morgan fingerprint density at radius 3 is 2.63 bits per heavy atom. The van der Waals surface area contributed by atoms with Gasteiger partial charge in [0.2, 0.25) is 5.95 Å². The first-order valence-corrected chi connectivity index (χ1v) is 11.9. The quantitative estimate of drug-likeness (QED) is 0.399. The van der Waals surface area contributed by atoms with E-state index in [9.17, 15) is 0 Å². The van der Waals surface area contributed by atoms with Crippen molar-refractivity contribution in [2.45, 2.75) is 30.7 Å². The number of thiazole rings is 1. The van der Waals surface area contributed by atoms with Crippen LogP contribution < -0.4 is 4.90 Å². The zero-order valence-electron chi connectivity index (χ0n) is 16.7. The summed E-state index contributed by atoms with van der Waals surface area (Å²) >= 11 is 3.30. The van der Waals surface area contributed by atoms with Crippen LogP contribution in [-0.2, 0) is 5.75 Å². The van der Waals surface area contributed by atoms with Crippen LogP contribution in [0.1, 0.15) is 24.1 Å². The summed E-state index contributed by atoms with van der Waals surface area (Å²) in [4.78, 5) is 11.5. The fourth-order valence-electron chi connectivity index (χ4n) is 3.52. The Morgan fingerprint density at radius 1 is 1.03 bits per heavy atom. The maximum Gasteiger partial charge on any atom is 0.232 e. The standard InChI is InChI=1S/C22H22N6S2/c1-16-7-9-18(10-8-16)28-21(27-12-4-5-13-27)25-26-22(28)30-15-17-14-29-20(24-17)19-6-2-3-11-23-19/h2-3,6-11,14H,4-5,12-13,15H2,1H3. The lowest BCUT2D eigenvalue weighted by molar-refractivity contribution is 0.841. The molecule has 5 rings (SSSR count). The molecule has 0 N–H and O–H groups in total. The van der Waals surface area contributed by atoms with Crippen molar-refractivity contribution < 1.29 is 0 Å². The molecule has 4 aromatic rings. The van der Waals surface area contributed by atoms with Crippen LogP contribution in [0.2, 0.25) is 0 Å². The van der Waals surface area contributed by atoms with E-state index >= 15 is 0 Å². The number of anilines is 1. The van der Waals surface area contributed by atoms with Gasteiger partial charge in [0.1, 0.15) is 5.01 Å². The maximum absolute atomic E-state index is 4.76. The molecule has 0 amide bonds. The summed E-state index contributed by atoms with van der Waals surface area (Å²) in [5.74, 6) is 1.68. The first kappa shape index (κ1) is 19.3. The van der Waals surface area contributed by atoms with Crippen molar-refractivity contribution in [1.82, 2.24) is 24.7 Å². The predicted molar refractivity (Wildman–Crippen MR) is 122 cm³/mol. The van der Waals surface area contributed by atoms with Gasteiger partial charge in [0, 0.05) is 30.4 Å². The number of hydrogen-bond donors (Lipinski definition) is 0. The topological polar surface area (TPSA) is 59.7 Å². The molecule has 1 saturated heterocycles. The van der Waals surface area contributed by atoms with Gasteiger partial charge in [0.25, 0.3) is 0 Å². The third-order valence-corrected chi connectivity index (χ3v) is 6.96. The lowest BCUT2D eigenvalue weighted by atomic mass is 10.2. The van der Waals surface area contributed by atoms with Gasteiger partial charge in [0.05, 0.1) is 17.1 Å². The van der Waals surface area contributed by atoms with Crippen LogP contribution in [0.3, 0.4) is 0 Å². The Hall–Kier alpha value is -2.71. The van der Waals surface area contributed by atoms with Crippen LogP contribution in [0, 0.1) is 6.92 Å². The molecule has 30 heavy (non-hydrogen) atoms. The molecule has 1 fully saturated rings. The molecule has 6 nitrogen and oxygen atoms in total. The van der Waals surface area contributed by atoms with Gasteiger partial charge in [-0.1, -0.05) is 35.5 Å². The van der Waals surface area contributed by atoms with Crippen molar-refractivity contribution in [2.75, 3.05) is 18.0 Å². The smallest absolute Gasteiger partial charge is 0.232 e. The summed E-state index contributed by atoms with van der Waals surface area (Å²) in [6.45, 7) is 4.18. The van der Waals surface area contributed by atoms with E-state index in [1.54, 1.807) is 29.3 Å². The van der Waals surface area contributed by atoms with E-state index in [4.69, 9.17) is 4.98 Å². The molecule has 0 aliphatic carbocycles. The van der Waals surface area contributed by atoms with Gasteiger partial charge in [-0.3, -0.25) is 9.55 Å². The van der Waals surface area contributed by atoms with Crippen LogP contribution in [0.5, 0.6) is 0 Å². The van der Waals surface area contributed by atoms with Gasteiger partial charge in [-0.2, -0.15) is 0 Å².